The number of nitrogens with zero attached hydrogens (tertiary/aromatic N) is 2. The van der Waals surface area contributed by atoms with Gasteiger partial charge in [-0.05, 0) is 84.5 Å². The van der Waals surface area contributed by atoms with E-state index in [-0.39, 0.29) is 17.8 Å². The quantitative estimate of drug-likeness (QED) is 0.221. The monoisotopic (exact) mass is 566 g/mol. The van der Waals surface area contributed by atoms with Crippen LogP contribution >= 0.6 is 11.6 Å². The minimum Gasteiger partial charge on any atom is -0.378 e. The number of rotatable bonds is 7. The van der Waals surface area contributed by atoms with Crippen molar-refractivity contribution < 1.29 is 17.6 Å². The fourth-order valence-corrected chi connectivity index (χ4v) is 6.19. The van der Waals surface area contributed by atoms with Crippen LogP contribution in [-0.2, 0) is 14.8 Å². The SMILES string of the molecule is CC(=NNC(=O)CN(c1ccc(Cl)cc1)S(C)(=O)=O)c1ccc2c(c1)C1C=CCC1C(c1ccc(F)cc1)N2. The van der Waals surface area contributed by atoms with Gasteiger partial charge < -0.3 is 5.32 Å². The molecule has 3 aromatic rings. The molecule has 1 amide bonds. The summed E-state index contributed by atoms with van der Waals surface area (Å²) in [5.74, 6) is -0.335. The predicted molar refractivity (Wildman–Crippen MR) is 153 cm³/mol. The number of hydrazone groups is 1. The van der Waals surface area contributed by atoms with Crippen LogP contribution in [0.5, 0.6) is 0 Å². The van der Waals surface area contributed by atoms with Gasteiger partial charge in [0.1, 0.15) is 12.4 Å². The lowest BCUT2D eigenvalue weighted by molar-refractivity contribution is -0.119. The molecular weight excluding hydrogens is 539 g/mol. The Morgan fingerprint density at radius 3 is 2.54 bits per heavy atom. The first-order valence-electron chi connectivity index (χ1n) is 12.5. The third kappa shape index (κ3) is 5.84. The molecule has 10 heteroatoms. The highest BCUT2D eigenvalue weighted by molar-refractivity contribution is 7.92. The molecule has 3 unspecified atom stereocenters. The van der Waals surface area contributed by atoms with E-state index in [0.29, 0.717) is 22.3 Å². The standard InChI is InChI=1S/C29H28ClFN4O3S/c1-18(33-34-28(36)17-35(39(2,37)38)23-13-9-21(30)10-14-23)20-8-15-27-26(16-20)24-4-3-5-25(24)29(32-27)19-6-11-22(31)12-7-19/h3-4,6-16,24-25,29,32H,5,17H2,1-2H3,(H,34,36). The van der Waals surface area contributed by atoms with Gasteiger partial charge in [0.15, 0.2) is 0 Å². The third-order valence-corrected chi connectivity index (χ3v) is 8.55. The largest absolute Gasteiger partial charge is 0.378 e. The lowest BCUT2D eigenvalue weighted by Crippen LogP contribution is -2.39. The zero-order valence-electron chi connectivity index (χ0n) is 21.4. The molecule has 0 saturated carbocycles. The zero-order chi connectivity index (χ0) is 27.7. The van der Waals surface area contributed by atoms with Crippen molar-refractivity contribution in [1.29, 1.82) is 0 Å². The molecule has 2 N–H and O–H groups in total. The van der Waals surface area contributed by atoms with E-state index in [1.165, 1.54) is 24.3 Å². The number of allylic oxidation sites excluding steroid dienone is 2. The van der Waals surface area contributed by atoms with Crippen molar-refractivity contribution in [2.24, 2.45) is 11.0 Å². The summed E-state index contributed by atoms with van der Waals surface area (Å²) in [7, 11) is -3.71. The lowest BCUT2D eigenvalue weighted by atomic mass is 9.76. The van der Waals surface area contributed by atoms with E-state index in [1.54, 1.807) is 19.1 Å². The number of carbonyl (C=O) groups excluding carboxylic acids is 1. The molecule has 1 aliphatic heterocycles. The molecule has 5 rings (SSSR count). The van der Waals surface area contributed by atoms with Gasteiger partial charge in [-0.3, -0.25) is 9.10 Å². The minimum atomic E-state index is -3.71. The Morgan fingerprint density at radius 2 is 1.85 bits per heavy atom. The summed E-state index contributed by atoms with van der Waals surface area (Å²) in [4.78, 5) is 12.7. The highest BCUT2D eigenvalue weighted by Crippen LogP contribution is 2.50. The minimum absolute atomic E-state index is 0.0661. The van der Waals surface area contributed by atoms with Crippen LogP contribution in [0, 0.1) is 11.7 Å². The van der Waals surface area contributed by atoms with Crippen LogP contribution < -0.4 is 15.0 Å². The summed E-state index contributed by atoms with van der Waals surface area (Å²) in [6.45, 7) is 1.36. The fourth-order valence-electron chi connectivity index (χ4n) is 5.20. The summed E-state index contributed by atoms with van der Waals surface area (Å²) >= 11 is 5.91. The highest BCUT2D eigenvalue weighted by Gasteiger charge is 2.38. The summed E-state index contributed by atoms with van der Waals surface area (Å²) in [6.07, 6.45) is 6.35. The molecule has 0 saturated heterocycles. The van der Waals surface area contributed by atoms with Crippen LogP contribution in [0.4, 0.5) is 15.8 Å². The van der Waals surface area contributed by atoms with Crippen molar-refractivity contribution >= 4 is 44.6 Å². The molecule has 39 heavy (non-hydrogen) atoms. The number of benzene rings is 3. The van der Waals surface area contributed by atoms with E-state index in [0.717, 1.165) is 39.4 Å². The van der Waals surface area contributed by atoms with E-state index in [4.69, 9.17) is 11.6 Å². The number of hydrogen-bond donors (Lipinski definition) is 2. The van der Waals surface area contributed by atoms with E-state index >= 15 is 0 Å². The van der Waals surface area contributed by atoms with Crippen LogP contribution in [0.2, 0.25) is 5.02 Å². The second-order valence-electron chi connectivity index (χ2n) is 9.81. The van der Waals surface area contributed by atoms with Gasteiger partial charge in [-0.25, -0.2) is 18.2 Å². The molecule has 0 fully saturated rings. The molecule has 1 heterocycles. The molecule has 0 radical (unpaired) electrons. The van der Waals surface area contributed by atoms with Crippen LogP contribution in [0.1, 0.15) is 42.0 Å². The second kappa shape index (κ2) is 10.8. The molecule has 0 bridgehead atoms. The molecule has 3 atom stereocenters. The summed E-state index contributed by atoms with van der Waals surface area (Å²) in [6, 6.07) is 18.9. The van der Waals surface area contributed by atoms with Gasteiger partial charge in [-0.15, -0.1) is 0 Å². The average Bonchev–Trinajstić information content (AvgIpc) is 3.41. The number of nitrogens with one attached hydrogen (secondary N) is 2. The smallest absolute Gasteiger partial charge is 0.260 e. The van der Waals surface area contributed by atoms with E-state index < -0.39 is 22.5 Å². The van der Waals surface area contributed by atoms with Crippen molar-refractivity contribution in [3.8, 4) is 0 Å². The van der Waals surface area contributed by atoms with Gasteiger partial charge in [0, 0.05) is 16.6 Å². The van der Waals surface area contributed by atoms with Crippen molar-refractivity contribution in [3.63, 3.8) is 0 Å². The Hall–Kier alpha value is -3.69. The summed E-state index contributed by atoms with van der Waals surface area (Å²) in [5, 5.41) is 8.34. The molecule has 0 spiro atoms. The highest BCUT2D eigenvalue weighted by atomic mass is 35.5. The molecule has 202 valence electrons. The van der Waals surface area contributed by atoms with Crippen molar-refractivity contribution in [2.45, 2.75) is 25.3 Å². The molecular formula is C29H28ClFN4O3S. The topological polar surface area (TPSA) is 90.9 Å². The van der Waals surface area contributed by atoms with Crippen molar-refractivity contribution in [3.05, 3.63) is 106 Å². The van der Waals surface area contributed by atoms with Gasteiger partial charge in [-0.1, -0.05) is 42.0 Å². The maximum atomic E-state index is 13.5. The van der Waals surface area contributed by atoms with Gasteiger partial charge in [-0.2, -0.15) is 5.10 Å². The second-order valence-corrected chi connectivity index (χ2v) is 12.2. The number of fused-ring (bicyclic) bond motifs is 3. The molecule has 2 aliphatic rings. The Labute approximate surface area is 232 Å². The van der Waals surface area contributed by atoms with Gasteiger partial charge >= 0.3 is 0 Å². The molecule has 0 aromatic heterocycles. The van der Waals surface area contributed by atoms with Crippen LogP contribution in [-0.4, -0.2) is 32.8 Å². The number of sulfonamides is 1. The molecule has 7 nitrogen and oxygen atoms in total. The lowest BCUT2D eigenvalue weighted by Gasteiger charge is -2.37. The average molecular weight is 567 g/mol. The van der Waals surface area contributed by atoms with Gasteiger partial charge in [0.25, 0.3) is 5.91 Å². The zero-order valence-corrected chi connectivity index (χ0v) is 23.0. The number of anilines is 2. The molecule has 3 aromatic carbocycles. The van der Waals surface area contributed by atoms with Gasteiger partial charge in [0.05, 0.1) is 23.7 Å². The summed E-state index contributed by atoms with van der Waals surface area (Å²) in [5.41, 5.74) is 7.43. The normalized spacial score (nSPS) is 20.1. The molecule has 1 aliphatic carbocycles. The van der Waals surface area contributed by atoms with Gasteiger partial charge in [0.2, 0.25) is 10.0 Å². The Bertz CT molecular complexity index is 1560. The van der Waals surface area contributed by atoms with Crippen LogP contribution in [0.3, 0.4) is 0 Å². The number of carbonyl (C=O) groups is 1. The number of amides is 1. The van der Waals surface area contributed by atoms with E-state index in [9.17, 15) is 17.6 Å². The predicted octanol–water partition coefficient (Wildman–Crippen LogP) is 5.61. The Kier molecular flexibility index (Phi) is 7.46. The fraction of sp³-hybridized carbons (Fsp3) is 0.241. The number of hydrogen-bond acceptors (Lipinski definition) is 5. The van der Waals surface area contributed by atoms with Crippen molar-refractivity contribution in [1.82, 2.24) is 5.43 Å². The summed E-state index contributed by atoms with van der Waals surface area (Å²) < 4.78 is 39.1. The maximum Gasteiger partial charge on any atom is 0.260 e. The third-order valence-electron chi connectivity index (χ3n) is 7.16. The van der Waals surface area contributed by atoms with E-state index in [2.05, 4.69) is 34.1 Å². The number of halogens is 2. The first kappa shape index (κ1) is 26.9. The van der Waals surface area contributed by atoms with E-state index in [1.807, 2.05) is 24.3 Å². The Morgan fingerprint density at radius 1 is 1.13 bits per heavy atom. The first-order chi connectivity index (χ1) is 18.6. The Balaban J connectivity index is 1.32. The van der Waals surface area contributed by atoms with Crippen LogP contribution in [0.25, 0.3) is 0 Å². The van der Waals surface area contributed by atoms with Crippen molar-refractivity contribution in [2.75, 3.05) is 22.4 Å². The maximum absolute atomic E-state index is 13.5. The first-order valence-corrected chi connectivity index (χ1v) is 14.7. The van der Waals surface area contributed by atoms with Crippen LogP contribution in [0.15, 0.2) is 84.0 Å².